The van der Waals surface area contributed by atoms with Crippen LogP contribution >= 0.6 is 11.3 Å². The molecule has 1 fully saturated rings. The molecular formula is C18H18N6OS. The Morgan fingerprint density at radius 2 is 2.23 bits per heavy atom. The fourth-order valence-electron chi connectivity index (χ4n) is 3.09. The number of nitriles is 1. The topological polar surface area (TPSA) is 98.0 Å². The molecule has 132 valence electrons. The molecule has 4 rings (SSSR count). The van der Waals surface area contributed by atoms with Gasteiger partial charge in [0, 0.05) is 25.5 Å². The van der Waals surface area contributed by atoms with Crippen LogP contribution in [0.4, 0.5) is 16.8 Å². The predicted molar refractivity (Wildman–Crippen MR) is 101 cm³/mol. The number of rotatable bonds is 4. The molecule has 4 heterocycles. The zero-order valence-corrected chi connectivity index (χ0v) is 14.9. The first kappa shape index (κ1) is 16.7. The van der Waals surface area contributed by atoms with E-state index in [4.69, 9.17) is 4.98 Å². The molecule has 0 aliphatic carbocycles. The molecule has 8 heteroatoms. The van der Waals surface area contributed by atoms with Crippen molar-refractivity contribution in [2.75, 3.05) is 23.3 Å². The van der Waals surface area contributed by atoms with Crippen LogP contribution in [0.2, 0.25) is 0 Å². The van der Waals surface area contributed by atoms with Gasteiger partial charge in [0.2, 0.25) is 0 Å². The van der Waals surface area contributed by atoms with Crippen molar-refractivity contribution in [1.29, 1.82) is 5.26 Å². The first-order valence-corrected chi connectivity index (χ1v) is 9.31. The molecule has 1 aliphatic heterocycles. The van der Waals surface area contributed by atoms with Gasteiger partial charge in [-0.1, -0.05) is 11.3 Å². The fourth-order valence-corrected chi connectivity index (χ4v) is 4.13. The Hall–Kier alpha value is -2.76. The highest BCUT2D eigenvalue weighted by molar-refractivity contribution is 7.22. The van der Waals surface area contributed by atoms with E-state index in [0.717, 1.165) is 46.8 Å². The highest BCUT2D eigenvalue weighted by Crippen LogP contribution is 2.35. The summed E-state index contributed by atoms with van der Waals surface area (Å²) >= 11 is 1.58. The molecule has 0 radical (unpaired) electrons. The van der Waals surface area contributed by atoms with E-state index in [1.54, 1.807) is 35.9 Å². The number of aromatic nitrogens is 3. The molecule has 3 aromatic rings. The van der Waals surface area contributed by atoms with Crippen molar-refractivity contribution in [1.82, 2.24) is 15.0 Å². The standard InChI is InChI=1S/C18H18N6OS/c19-9-13-2-1-7-24(10-13)18-22-14-4-6-21-17(16(14)26-18)23-15-8-12(11-25)3-5-20-15/h3-6,8,13,25H,1-2,7,10-11H2,(H,20,21,23). The Bertz CT molecular complexity index is 966. The zero-order chi connectivity index (χ0) is 17.9. The molecule has 7 nitrogen and oxygen atoms in total. The summed E-state index contributed by atoms with van der Waals surface area (Å²) < 4.78 is 0.956. The van der Waals surface area contributed by atoms with Gasteiger partial charge in [-0.15, -0.1) is 0 Å². The van der Waals surface area contributed by atoms with E-state index in [1.807, 2.05) is 6.07 Å². The number of hydrogen-bond acceptors (Lipinski definition) is 8. The molecule has 0 bridgehead atoms. The molecule has 2 N–H and O–H groups in total. The summed E-state index contributed by atoms with van der Waals surface area (Å²) in [7, 11) is 0. The van der Waals surface area contributed by atoms with Gasteiger partial charge in [-0.3, -0.25) is 0 Å². The van der Waals surface area contributed by atoms with Crippen molar-refractivity contribution in [2.45, 2.75) is 19.4 Å². The lowest BCUT2D eigenvalue weighted by atomic mass is 10.0. The van der Waals surface area contributed by atoms with Crippen molar-refractivity contribution in [3.05, 3.63) is 36.2 Å². The van der Waals surface area contributed by atoms with Crippen LogP contribution in [0.15, 0.2) is 30.6 Å². The maximum Gasteiger partial charge on any atom is 0.186 e. The van der Waals surface area contributed by atoms with Gasteiger partial charge in [0.1, 0.15) is 5.82 Å². The van der Waals surface area contributed by atoms with Crippen LogP contribution in [0.25, 0.3) is 10.2 Å². The summed E-state index contributed by atoms with van der Waals surface area (Å²) in [6.45, 7) is 1.62. The Balaban J connectivity index is 1.64. The lowest BCUT2D eigenvalue weighted by Gasteiger charge is -2.28. The number of nitrogens with zero attached hydrogens (tertiary/aromatic N) is 5. The minimum atomic E-state index is -0.0332. The molecule has 0 spiro atoms. The number of nitrogens with one attached hydrogen (secondary N) is 1. The third-order valence-corrected chi connectivity index (χ3v) is 5.56. The minimum absolute atomic E-state index is 0.0332. The zero-order valence-electron chi connectivity index (χ0n) is 14.1. The van der Waals surface area contributed by atoms with Gasteiger partial charge < -0.3 is 15.3 Å². The number of thiazole rings is 1. The normalized spacial score (nSPS) is 17.2. The Kier molecular flexibility index (Phi) is 4.65. The van der Waals surface area contributed by atoms with Gasteiger partial charge >= 0.3 is 0 Å². The Morgan fingerprint density at radius 1 is 1.35 bits per heavy atom. The van der Waals surface area contributed by atoms with E-state index < -0.39 is 0 Å². The molecule has 1 unspecified atom stereocenters. The second-order valence-electron chi connectivity index (χ2n) is 6.25. The van der Waals surface area contributed by atoms with Crippen molar-refractivity contribution in [3.8, 4) is 6.07 Å². The van der Waals surface area contributed by atoms with E-state index in [1.165, 1.54) is 0 Å². The minimum Gasteiger partial charge on any atom is -0.392 e. The average molecular weight is 366 g/mol. The molecule has 1 atom stereocenters. The number of aliphatic hydroxyl groups is 1. The van der Waals surface area contributed by atoms with Crippen molar-refractivity contribution >= 4 is 38.3 Å². The number of fused-ring (bicyclic) bond motifs is 1. The monoisotopic (exact) mass is 366 g/mol. The average Bonchev–Trinajstić information content (AvgIpc) is 3.14. The SMILES string of the molecule is N#CC1CCCN(c2nc3ccnc(Nc4cc(CO)ccn4)c3s2)C1. The van der Waals surface area contributed by atoms with Crippen molar-refractivity contribution in [2.24, 2.45) is 5.92 Å². The van der Waals surface area contributed by atoms with Gasteiger partial charge in [-0.25, -0.2) is 15.0 Å². The van der Waals surface area contributed by atoms with Crippen LogP contribution < -0.4 is 10.2 Å². The van der Waals surface area contributed by atoms with Crippen LogP contribution in [0.1, 0.15) is 18.4 Å². The van der Waals surface area contributed by atoms with Gasteiger partial charge in [-0.05, 0) is 36.6 Å². The van der Waals surface area contributed by atoms with Gasteiger partial charge in [-0.2, -0.15) is 5.26 Å². The van der Waals surface area contributed by atoms with E-state index in [-0.39, 0.29) is 12.5 Å². The van der Waals surface area contributed by atoms with E-state index in [0.29, 0.717) is 11.6 Å². The number of aliphatic hydroxyl groups excluding tert-OH is 1. The van der Waals surface area contributed by atoms with Crippen molar-refractivity contribution < 1.29 is 5.11 Å². The Morgan fingerprint density at radius 3 is 3.08 bits per heavy atom. The summed E-state index contributed by atoms with van der Waals surface area (Å²) in [5, 5.41) is 22.6. The Labute approximate surface area is 155 Å². The number of anilines is 3. The number of hydrogen-bond donors (Lipinski definition) is 2. The van der Waals surface area contributed by atoms with E-state index in [2.05, 4.69) is 26.3 Å². The largest absolute Gasteiger partial charge is 0.392 e. The first-order valence-electron chi connectivity index (χ1n) is 8.50. The van der Waals surface area contributed by atoms with Gasteiger partial charge in [0.15, 0.2) is 10.9 Å². The van der Waals surface area contributed by atoms with Crippen molar-refractivity contribution in [3.63, 3.8) is 0 Å². The summed E-state index contributed by atoms with van der Waals surface area (Å²) in [6.07, 6.45) is 5.34. The van der Waals surface area contributed by atoms with Crippen LogP contribution in [-0.2, 0) is 6.61 Å². The van der Waals surface area contributed by atoms with Crippen LogP contribution in [0.5, 0.6) is 0 Å². The molecule has 1 aliphatic rings. The van der Waals surface area contributed by atoms with Gasteiger partial charge in [0.25, 0.3) is 0 Å². The highest BCUT2D eigenvalue weighted by atomic mass is 32.1. The maximum absolute atomic E-state index is 9.28. The molecule has 0 amide bonds. The second kappa shape index (κ2) is 7.23. The van der Waals surface area contributed by atoms with Crippen LogP contribution in [0.3, 0.4) is 0 Å². The lowest BCUT2D eigenvalue weighted by molar-refractivity contribution is 0.282. The number of pyridine rings is 2. The highest BCUT2D eigenvalue weighted by Gasteiger charge is 2.22. The summed E-state index contributed by atoms with van der Waals surface area (Å²) in [6, 6.07) is 7.83. The molecule has 0 aromatic carbocycles. The van der Waals surface area contributed by atoms with E-state index >= 15 is 0 Å². The maximum atomic E-state index is 9.28. The third kappa shape index (κ3) is 3.31. The molecule has 26 heavy (non-hydrogen) atoms. The smallest absolute Gasteiger partial charge is 0.186 e. The molecule has 0 saturated carbocycles. The van der Waals surface area contributed by atoms with E-state index in [9.17, 15) is 10.4 Å². The third-order valence-electron chi connectivity index (χ3n) is 4.42. The molecular weight excluding hydrogens is 348 g/mol. The van der Waals surface area contributed by atoms with Crippen LogP contribution in [0, 0.1) is 17.2 Å². The lowest BCUT2D eigenvalue weighted by Crippen LogP contribution is -2.34. The first-order chi connectivity index (χ1) is 12.8. The molecule has 1 saturated heterocycles. The quantitative estimate of drug-likeness (QED) is 0.732. The summed E-state index contributed by atoms with van der Waals surface area (Å²) in [4.78, 5) is 15.6. The predicted octanol–water partition coefficient (Wildman–Crippen LogP) is 3.06. The summed E-state index contributed by atoms with van der Waals surface area (Å²) in [5.74, 6) is 1.40. The fraction of sp³-hybridized carbons (Fsp3) is 0.333. The van der Waals surface area contributed by atoms with Crippen LogP contribution in [-0.4, -0.2) is 33.1 Å². The summed E-state index contributed by atoms with van der Waals surface area (Å²) in [5.41, 5.74) is 1.66. The number of piperidine rings is 1. The molecule has 3 aromatic heterocycles. The second-order valence-corrected chi connectivity index (χ2v) is 7.23. The van der Waals surface area contributed by atoms with Gasteiger partial charge in [0.05, 0.1) is 28.8 Å².